The molecule has 0 atom stereocenters. The highest BCUT2D eigenvalue weighted by molar-refractivity contribution is 9.10. The maximum absolute atomic E-state index is 10.5. The van der Waals surface area contributed by atoms with Crippen molar-refractivity contribution in [3.63, 3.8) is 0 Å². The monoisotopic (exact) mass is 245 g/mol. The van der Waals surface area contributed by atoms with Gasteiger partial charge in [0.25, 0.3) is 0 Å². The second-order valence-electron chi connectivity index (χ2n) is 2.73. The number of halogens is 1. The summed E-state index contributed by atoms with van der Waals surface area (Å²) < 4.78 is 0.634. The van der Waals surface area contributed by atoms with Gasteiger partial charge in [-0.15, -0.1) is 0 Å². The first kappa shape index (κ1) is 9.98. The molecule has 13 heavy (non-hydrogen) atoms. The van der Waals surface area contributed by atoms with Gasteiger partial charge in [-0.25, -0.2) is 0 Å². The molecule has 0 heterocycles. The van der Waals surface area contributed by atoms with Crippen LogP contribution in [0.4, 0.5) is 5.69 Å². The summed E-state index contributed by atoms with van der Waals surface area (Å²) in [6.45, 7) is 3.42. The first-order valence-corrected chi connectivity index (χ1v) is 4.37. The molecule has 0 aromatic heterocycles. The Kier molecular flexibility index (Phi) is 2.56. The zero-order valence-corrected chi connectivity index (χ0v) is 8.75. The number of benzene rings is 1. The number of nitro groups is 1. The van der Waals surface area contributed by atoms with Crippen molar-refractivity contribution >= 4 is 21.6 Å². The minimum atomic E-state index is -0.605. The molecule has 0 saturated carbocycles. The van der Waals surface area contributed by atoms with E-state index in [1.54, 1.807) is 13.8 Å². The number of hydrogen-bond acceptors (Lipinski definition) is 3. The van der Waals surface area contributed by atoms with Gasteiger partial charge in [-0.1, -0.05) is 15.9 Å². The second kappa shape index (κ2) is 3.33. The molecule has 0 saturated heterocycles. The van der Waals surface area contributed by atoms with Crippen LogP contribution >= 0.6 is 15.9 Å². The number of nitrogens with zero attached hydrogens (tertiary/aromatic N) is 1. The molecular formula is C8H8BrNO3. The van der Waals surface area contributed by atoms with Crippen molar-refractivity contribution in [3.05, 3.63) is 31.8 Å². The fourth-order valence-electron chi connectivity index (χ4n) is 0.985. The van der Waals surface area contributed by atoms with Crippen molar-refractivity contribution in [2.45, 2.75) is 13.8 Å². The van der Waals surface area contributed by atoms with E-state index >= 15 is 0 Å². The zero-order chi connectivity index (χ0) is 10.2. The molecule has 0 fully saturated rings. The Balaban J connectivity index is 3.50. The molecule has 0 spiro atoms. The third-order valence-electron chi connectivity index (χ3n) is 1.98. The van der Waals surface area contributed by atoms with Crippen LogP contribution < -0.4 is 0 Å². The molecule has 0 aliphatic heterocycles. The SMILES string of the molecule is Cc1c(Br)cc([N+](=O)[O-])c(O)c1C. The zero-order valence-electron chi connectivity index (χ0n) is 7.17. The van der Waals surface area contributed by atoms with Crippen LogP contribution in [0.25, 0.3) is 0 Å². The van der Waals surface area contributed by atoms with E-state index < -0.39 is 4.92 Å². The van der Waals surface area contributed by atoms with E-state index in [4.69, 9.17) is 0 Å². The van der Waals surface area contributed by atoms with Gasteiger partial charge in [0.1, 0.15) is 0 Å². The highest BCUT2D eigenvalue weighted by Gasteiger charge is 2.18. The van der Waals surface area contributed by atoms with Crippen molar-refractivity contribution < 1.29 is 10.0 Å². The van der Waals surface area contributed by atoms with Crippen LogP contribution in [0.15, 0.2) is 10.5 Å². The molecule has 5 heteroatoms. The Labute approximate surface area is 83.5 Å². The lowest BCUT2D eigenvalue weighted by molar-refractivity contribution is -0.386. The number of phenolic OH excluding ortho intramolecular Hbond substituents is 1. The van der Waals surface area contributed by atoms with Crippen molar-refractivity contribution in [2.75, 3.05) is 0 Å². The van der Waals surface area contributed by atoms with Crippen LogP contribution in [-0.2, 0) is 0 Å². The van der Waals surface area contributed by atoms with E-state index in [9.17, 15) is 15.2 Å². The lowest BCUT2D eigenvalue weighted by atomic mass is 10.1. The molecule has 0 unspecified atom stereocenters. The summed E-state index contributed by atoms with van der Waals surface area (Å²) in [5.74, 6) is -0.259. The summed E-state index contributed by atoms with van der Waals surface area (Å²) in [4.78, 5) is 9.86. The molecular weight excluding hydrogens is 238 g/mol. The quantitative estimate of drug-likeness (QED) is 0.612. The summed E-state index contributed by atoms with van der Waals surface area (Å²) in [5, 5.41) is 19.9. The van der Waals surface area contributed by atoms with Crippen LogP contribution in [0.5, 0.6) is 5.75 Å². The van der Waals surface area contributed by atoms with E-state index in [0.29, 0.717) is 10.0 Å². The Hall–Kier alpha value is -1.10. The number of phenols is 1. The molecule has 70 valence electrons. The molecule has 4 nitrogen and oxygen atoms in total. The first-order valence-electron chi connectivity index (χ1n) is 3.58. The largest absolute Gasteiger partial charge is 0.502 e. The summed E-state index contributed by atoms with van der Waals surface area (Å²) in [6, 6.07) is 1.30. The molecule has 0 aliphatic rings. The fourth-order valence-corrected chi connectivity index (χ4v) is 1.50. The smallest absolute Gasteiger partial charge is 0.312 e. The van der Waals surface area contributed by atoms with Crippen LogP contribution in [-0.4, -0.2) is 10.0 Å². The number of aromatic hydroxyl groups is 1. The Morgan fingerprint density at radius 1 is 1.46 bits per heavy atom. The normalized spacial score (nSPS) is 10.1. The molecule has 1 aromatic rings. The summed E-state index contributed by atoms with van der Waals surface area (Å²) in [6.07, 6.45) is 0. The van der Waals surface area contributed by atoms with Crippen LogP contribution in [0, 0.1) is 24.0 Å². The lowest BCUT2D eigenvalue weighted by Crippen LogP contribution is -1.93. The average Bonchev–Trinajstić information content (AvgIpc) is 2.07. The van der Waals surface area contributed by atoms with Gasteiger partial charge >= 0.3 is 5.69 Å². The highest BCUT2D eigenvalue weighted by atomic mass is 79.9. The number of rotatable bonds is 1. The molecule has 1 N–H and O–H groups in total. The van der Waals surface area contributed by atoms with Gasteiger partial charge in [0, 0.05) is 16.1 Å². The Bertz CT molecular complexity index is 376. The van der Waals surface area contributed by atoms with E-state index in [2.05, 4.69) is 15.9 Å². The van der Waals surface area contributed by atoms with Crippen LogP contribution in [0.2, 0.25) is 0 Å². The van der Waals surface area contributed by atoms with Gasteiger partial charge in [0.15, 0.2) is 5.75 Å². The van der Waals surface area contributed by atoms with Crippen molar-refractivity contribution in [2.24, 2.45) is 0 Å². The van der Waals surface area contributed by atoms with E-state index in [-0.39, 0.29) is 11.4 Å². The van der Waals surface area contributed by atoms with Crippen LogP contribution in [0.3, 0.4) is 0 Å². The molecule has 0 radical (unpaired) electrons. The summed E-state index contributed by atoms with van der Waals surface area (Å²) in [5.41, 5.74) is 1.07. The lowest BCUT2D eigenvalue weighted by Gasteiger charge is -2.05. The first-order chi connectivity index (χ1) is 5.95. The molecule has 1 aromatic carbocycles. The van der Waals surface area contributed by atoms with Crippen LogP contribution in [0.1, 0.15) is 11.1 Å². The highest BCUT2D eigenvalue weighted by Crippen LogP contribution is 2.35. The summed E-state index contributed by atoms with van der Waals surface area (Å²) in [7, 11) is 0. The third-order valence-corrected chi connectivity index (χ3v) is 2.80. The van der Waals surface area contributed by atoms with E-state index in [1.165, 1.54) is 6.07 Å². The molecule has 0 aliphatic carbocycles. The van der Waals surface area contributed by atoms with Gasteiger partial charge in [-0.05, 0) is 19.4 Å². The minimum Gasteiger partial charge on any atom is -0.502 e. The van der Waals surface area contributed by atoms with Gasteiger partial charge in [0.05, 0.1) is 4.92 Å². The van der Waals surface area contributed by atoms with Crippen molar-refractivity contribution in [3.8, 4) is 5.75 Å². The van der Waals surface area contributed by atoms with Gasteiger partial charge in [-0.3, -0.25) is 10.1 Å². The Morgan fingerprint density at radius 2 is 2.00 bits per heavy atom. The predicted molar refractivity (Wildman–Crippen MR) is 51.9 cm³/mol. The van der Waals surface area contributed by atoms with Crippen molar-refractivity contribution in [1.29, 1.82) is 0 Å². The predicted octanol–water partition coefficient (Wildman–Crippen LogP) is 2.68. The maximum atomic E-state index is 10.5. The van der Waals surface area contributed by atoms with Gasteiger partial charge < -0.3 is 5.11 Å². The van der Waals surface area contributed by atoms with Gasteiger partial charge in [0.2, 0.25) is 0 Å². The minimum absolute atomic E-state index is 0.259. The molecule has 0 amide bonds. The molecule has 0 bridgehead atoms. The fraction of sp³-hybridized carbons (Fsp3) is 0.250. The maximum Gasteiger partial charge on any atom is 0.312 e. The summed E-state index contributed by atoms with van der Waals surface area (Å²) >= 11 is 3.18. The number of hydrogen-bond donors (Lipinski definition) is 1. The standard InChI is InChI=1S/C8H8BrNO3/c1-4-5(2)8(11)7(10(12)13)3-6(4)9/h3,11H,1-2H3. The second-order valence-corrected chi connectivity index (χ2v) is 3.59. The topological polar surface area (TPSA) is 63.4 Å². The molecule has 1 rings (SSSR count). The van der Waals surface area contributed by atoms with E-state index in [0.717, 1.165) is 5.56 Å². The average molecular weight is 246 g/mol. The number of nitro benzene ring substituents is 1. The third kappa shape index (κ3) is 1.65. The van der Waals surface area contributed by atoms with E-state index in [1.807, 2.05) is 0 Å². The van der Waals surface area contributed by atoms with Gasteiger partial charge in [-0.2, -0.15) is 0 Å². The Morgan fingerprint density at radius 3 is 2.46 bits per heavy atom. The van der Waals surface area contributed by atoms with Crippen molar-refractivity contribution in [1.82, 2.24) is 0 Å².